The quantitative estimate of drug-likeness (QED) is 0.163. The number of pyridine rings is 2. The number of nitrogens with zero attached hydrogens (tertiary/aromatic N) is 4. The molecule has 0 fully saturated rings. The zero-order valence-electron chi connectivity index (χ0n) is 29.3. The number of aromatic nitrogens is 4. The lowest BCUT2D eigenvalue weighted by Gasteiger charge is -2.14. The Balaban J connectivity index is 1.15. The third-order valence-corrected chi connectivity index (χ3v) is 10.1. The molecule has 54 heavy (non-hydrogen) atoms. The van der Waals surface area contributed by atoms with Crippen molar-refractivity contribution in [1.82, 2.24) is 19.9 Å². The van der Waals surface area contributed by atoms with E-state index in [1.54, 1.807) is 0 Å². The molecule has 0 bridgehead atoms. The fraction of sp³-hybridized carbons (Fsp3) is 0. The van der Waals surface area contributed by atoms with Crippen LogP contribution in [0.4, 0.5) is 0 Å². The summed E-state index contributed by atoms with van der Waals surface area (Å²) >= 11 is 0. The zero-order valence-corrected chi connectivity index (χ0v) is 29.3. The van der Waals surface area contributed by atoms with E-state index in [-0.39, 0.29) is 0 Å². The second-order valence-electron chi connectivity index (χ2n) is 13.5. The highest BCUT2D eigenvalue weighted by Gasteiger charge is 2.17. The standard InChI is InChI=1S/C50H32N4/c1-5-13-33(14-6-1)34-21-23-36(24-22-34)44-30-27-41-42(31-40-26-28-43(35-15-7-2-8-16-35)51-49(40)50(41)52-44)39-25-29-45-46(32-39)54-48(38-19-11-4-12-20-38)47(53-45)37-17-9-3-10-18-37/h1-32H. The van der Waals surface area contributed by atoms with Crippen molar-refractivity contribution in [2.24, 2.45) is 0 Å². The van der Waals surface area contributed by atoms with Gasteiger partial charge < -0.3 is 0 Å². The van der Waals surface area contributed by atoms with Crippen LogP contribution in [-0.2, 0) is 0 Å². The molecule has 3 aromatic heterocycles. The number of hydrogen-bond acceptors (Lipinski definition) is 4. The molecule has 0 aliphatic carbocycles. The Bertz CT molecular complexity index is 2950. The average Bonchev–Trinajstić information content (AvgIpc) is 3.26. The first-order valence-corrected chi connectivity index (χ1v) is 18.1. The molecule has 0 saturated heterocycles. The summed E-state index contributed by atoms with van der Waals surface area (Å²) < 4.78 is 0. The third-order valence-electron chi connectivity index (χ3n) is 10.1. The van der Waals surface area contributed by atoms with Crippen LogP contribution in [0.3, 0.4) is 0 Å². The maximum absolute atomic E-state index is 5.37. The molecular formula is C50H32N4. The van der Waals surface area contributed by atoms with Crippen LogP contribution in [0.1, 0.15) is 0 Å². The maximum atomic E-state index is 5.37. The monoisotopic (exact) mass is 688 g/mol. The van der Waals surface area contributed by atoms with Gasteiger partial charge in [0.2, 0.25) is 0 Å². The maximum Gasteiger partial charge on any atom is 0.0978 e. The van der Waals surface area contributed by atoms with E-state index in [9.17, 15) is 0 Å². The molecule has 4 nitrogen and oxygen atoms in total. The minimum absolute atomic E-state index is 0.833. The molecule has 0 spiro atoms. The van der Waals surface area contributed by atoms with Gasteiger partial charge >= 0.3 is 0 Å². The van der Waals surface area contributed by atoms with E-state index < -0.39 is 0 Å². The van der Waals surface area contributed by atoms with Crippen molar-refractivity contribution >= 4 is 32.8 Å². The van der Waals surface area contributed by atoms with Crippen molar-refractivity contribution in [1.29, 1.82) is 0 Å². The first-order valence-electron chi connectivity index (χ1n) is 18.1. The molecule has 10 aromatic rings. The van der Waals surface area contributed by atoms with Gasteiger partial charge in [-0.15, -0.1) is 0 Å². The van der Waals surface area contributed by atoms with Crippen LogP contribution in [0.5, 0.6) is 0 Å². The van der Waals surface area contributed by atoms with Crippen molar-refractivity contribution in [3.8, 4) is 67.3 Å². The summed E-state index contributed by atoms with van der Waals surface area (Å²) in [6, 6.07) is 67.2. The molecule has 252 valence electrons. The molecule has 0 aliphatic heterocycles. The van der Waals surface area contributed by atoms with E-state index >= 15 is 0 Å². The lowest BCUT2D eigenvalue weighted by Crippen LogP contribution is -1.96. The van der Waals surface area contributed by atoms with Crippen LogP contribution in [0.15, 0.2) is 194 Å². The predicted molar refractivity (Wildman–Crippen MR) is 223 cm³/mol. The average molecular weight is 689 g/mol. The van der Waals surface area contributed by atoms with E-state index in [0.717, 1.165) is 89.0 Å². The van der Waals surface area contributed by atoms with Crippen LogP contribution in [0.25, 0.3) is 100 Å². The van der Waals surface area contributed by atoms with Crippen molar-refractivity contribution < 1.29 is 0 Å². The van der Waals surface area contributed by atoms with Crippen LogP contribution >= 0.6 is 0 Å². The minimum Gasteiger partial charge on any atom is -0.245 e. The van der Waals surface area contributed by atoms with Gasteiger partial charge in [0.25, 0.3) is 0 Å². The van der Waals surface area contributed by atoms with E-state index in [4.69, 9.17) is 19.9 Å². The predicted octanol–water partition coefficient (Wildman–Crippen LogP) is 12.7. The first-order chi connectivity index (χ1) is 26.7. The highest BCUT2D eigenvalue weighted by Crippen LogP contribution is 2.38. The summed E-state index contributed by atoms with van der Waals surface area (Å²) in [6.07, 6.45) is 0. The van der Waals surface area contributed by atoms with Gasteiger partial charge in [0, 0.05) is 33.0 Å². The van der Waals surface area contributed by atoms with Crippen LogP contribution < -0.4 is 0 Å². The molecule has 0 radical (unpaired) electrons. The van der Waals surface area contributed by atoms with E-state index in [1.807, 2.05) is 60.7 Å². The van der Waals surface area contributed by atoms with Gasteiger partial charge in [-0.25, -0.2) is 19.9 Å². The second kappa shape index (κ2) is 13.4. The lowest BCUT2D eigenvalue weighted by molar-refractivity contribution is 1.29. The van der Waals surface area contributed by atoms with Crippen LogP contribution in [0, 0.1) is 0 Å². The Morgan fingerprint density at radius 3 is 1.37 bits per heavy atom. The molecule has 0 atom stereocenters. The summed E-state index contributed by atoms with van der Waals surface area (Å²) in [7, 11) is 0. The molecule has 10 rings (SSSR count). The molecular weight excluding hydrogens is 657 g/mol. The van der Waals surface area contributed by atoms with Gasteiger partial charge in [0.15, 0.2) is 0 Å². The fourth-order valence-electron chi connectivity index (χ4n) is 7.32. The van der Waals surface area contributed by atoms with Gasteiger partial charge in [-0.3, -0.25) is 0 Å². The van der Waals surface area contributed by atoms with Crippen LogP contribution in [-0.4, -0.2) is 19.9 Å². The molecule has 0 aliphatic rings. The first kappa shape index (κ1) is 31.4. The fourth-order valence-corrected chi connectivity index (χ4v) is 7.32. The highest BCUT2D eigenvalue weighted by atomic mass is 14.8. The van der Waals surface area contributed by atoms with Crippen molar-refractivity contribution in [2.45, 2.75) is 0 Å². The Labute approximate surface area is 313 Å². The Hall–Kier alpha value is -7.30. The van der Waals surface area contributed by atoms with Crippen molar-refractivity contribution in [3.63, 3.8) is 0 Å². The largest absolute Gasteiger partial charge is 0.245 e. The van der Waals surface area contributed by atoms with E-state index in [0.29, 0.717) is 0 Å². The van der Waals surface area contributed by atoms with Gasteiger partial charge in [-0.1, -0.05) is 158 Å². The van der Waals surface area contributed by atoms with Crippen molar-refractivity contribution in [3.05, 3.63) is 194 Å². The van der Waals surface area contributed by atoms with E-state index in [1.165, 1.54) is 11.1 Å². The number of rotatable bonds is 6. The molecule has 0 N–H and O–H groups in total. The molecule has 0 amide bonds. The van der Waals surface area contributed by atoms with Gasteiger partial charge in [0.1, 0.15) is 0 Å². The molecule has 0 unspecified atom stereocenters. The summed E-state index contributed by atoms with van der Waals surface area (Å²) in [5.41, 5.74) is 15.6. The zero-order chi connectivity index (χ0) is 35.8. The number of fused-ring (bicyclic) bond motifs is 4. The van der Waals surface area contributed by atoms with Gasteiger partial charge in [-0.2, -0.15) is 0 Å². The summed E-state index contributed by atoms with van der Waals surface area (Å²) in [6.45, 7) is 0. The topological polar surface area (TPSA) is 51.6 Å². The molecule has 4 heteroatoms. The summed E-state index contributed by atoms with van der Waals surface area (Å²) in [5.74, 6) is 0. The molecule has 7 aromatic carbocycles. The third kappa shape index (κ3) is 5.76. The van der Waals surface area contributed by atoms with Crippen LogP contribution in [0.2, 0.25) is 0 Å². The van der Waals surface area contributed by atoms with Gasteiger partial charge in [-0.05, 0) is 58.7 Å². The summed E-state index contributed by atoms with van der Waals surface area (Å²) in [5, 5.41) is 2.05. The Morgan fingerprint density at radius 2 is 0.741 bits per heavy atom. The molecule has 3 heterocycles. The minimum atomic E-state index is 0.833. The van der Waals surface area contributed by atoms with Crippen molar-refractivity contribution in [2.75, 3.05) is 0 Å². The number of hydrogen-bond donors (Lipinski definition) is 0. The normalized spacial score (nSPS) is 11.3. The Kier molecular flexibility index (Phi) is 7.77. The second-order valence-corrected chi connectivity index (χ2v) is 13.5. The highest BCUT2D eigenvalue weighted by molar-refractivity contribution is 6.11. The number of benzene rings is 7. The van der Waals surface area contributed by atoms with Gasteiger partial charge in [0.05, 0.1) is 44.8 Å². The van der Waals surface area contributed by atoms with E-state index in [2.05, 4.69) is 133 Å². The smallest absolute Gasteiger partial charge is 0.0978 e. The molecule has 0 saturated carbocycles. The lowest BCUT2D eigenvalue weighted by atomic mass is 9.95. The SMILES string of the molecule is c1ccc(-c2ccc(-c3ccc4c(-c5ccc6nc(-c7ccccc7)c(-c7ccccc7)nc6c5)cc5ccc(-c6ccccc6)nc5c4n3)cc2)cc1. The Morgan fingerprint density at radius 1 is 0.278 bits per heavy atom. The summed E-state index contributed by atoms with van der Waals surface area (Å²) in [4.78, 5) is 21.1.